The van der Waals surface area contributed by atoms with E-state index in [0.29, 0.717) is 6.04 Å². The van der Waals surface area contributed by atoms with E-state index in [2.05, 4.69) is 43.0 Å². The highest BCUT2D eigenvalue weighted by atomic mass is 16.5. The smallest absolute Gasteiger partial charge is 0.128 e. The van der Waals surface area contributed by atoms with Crippen molar-refractivity contribution in [1.29, 1.82) is 0 Å². The van der Waals surface area contributed by atoms with Crippen LogP contribution in [0.25, 0.3) is 0 Å². The maximum Gasteiger partial charge on any atom is 0.128 e. The monoisotopic (exact) mass is 279 g/mol. The fourth-order valence-corrected chi connectivity index (χ4v) is 2.17. The van der Waals surface area contributed by atoms with Crippen molar-refractivity contribution in [2.45, 2.75) is 46.7 Å². The zero-order valence-electron chi connectivity index (χ0n) is 13.8. The van der Waals surface area contributed by atoms with Gasteiger partial charge in [0, 0.05) is 29.9 Å². The molecule has 0 atom stereocenters. The number of hydrogen-bond acceptors (Lipinski definition) is 4. The van der Waals surface area contributed by atoms with Crippen molar-refractivity contribution in [3.63, 3.8) is 0 Å². The lowest BCUT2D eigenvalue weighted by Crippen LogP contribution is -2.29. The number of hydrogen-bond donors (Lipinski definition) is 1. The van der Waals surface area contributed by atoms with Crippen molar-refractivity contribution in [3.05, 3.63) is 23.0 Å². The summed E-state index contributed by atoms with van der Waals surface area (Å²) in [5.74, 6) is 0.955. The minimum absolute atomic E-state index is 0.611. The molecule has 0 amide bonds. The molecular weight excluding hydrogens is 250 g/mol. The zero-order chi connectivity index (χ0) is 15.1. The van der Waals surface area contributed by atoms with Gasteiger partial charge in [0.2, 0.25) is 0 Å². The summed E-state index contributed by atoms with van der Waals surface area (Å²) in [4.78, 5) is 6.86. The van der Waals surface area contributed by atoms with Crippen molar-refractivity contribution in [1.82, 2.24) is 15.2 Å². The van der Waals surface area contributed by atoms with Gasteiger partial charge in [0.25, 0.3) is 0 Å². The van der Waals surface area contributed by atoms with E-state index in [1.807, 2.05) is 13.1 Å². The van der Waals surface area contributed by atoms with Gasteiger partial charge in [0.1, 0.15) is 5.75 Å². The van der Waals surface area contributed by atoms with Crippen molar-refractivity contribution in [2.24, 2.45) is 0 Å². The standard InChI is InChI=1S/C16H29N3O/c1-12(2)19(5)9-7-8-17-11-15-14(4)16(20-6)13(3)10-18-15/h10,12,17H,7-9,11H2,1-6H3. The SMILES string of the molecule is COc1c(C)cnc(CNCCCN(C)C(C)C)c1C. The average molecular weight is 279 g/mol. The molecule has 0 radical (unpaired) electrons. The van der Waals surface area contributed by atoms with Crippen LogP contribution in [0, 0.1) is 13.8 Å². The van der Waals surface area contributed by atoms with Crippen LogP contribution in [0.15, 0.2) is 6.20 Å². The summed E-state index contributed by atoms with van der Waals surface area (Å²) >= 11 is 0. The Balaban J connectivity index is 2.40. The summed E-state index contributed by atoms with van der Waals surface area (Å²) < 4.78 is 5.43. The van der Waals surface area contributed by atoms with Crippen LogP contribution in [-0.4, -0.2) is 43.2 Å². The molecule has 1 rings (SSSR count). The second-order valence-corrected chi connectivity index (χ2v) is 5.65. The molecule has 0 unspecified atom stereocenters. The van der Waals surface area contributed by atoms with E-state index in [9.17, 15) is 0 Å². The van der Waals surface area contributed by atoms with Crippen LogP contribution in [0.2, 0.25) is 0 Å². The third kappa shape index (κ3) is 4.76. The number of aromatic nitrogens is 1. The second-order valence-electron chi connectivity index (χ2n) is 5.65. The Kier molecular flexibility index (Phi) is 6.96. The lowest BCUT2D eigenvalue weighted by Gasteiger charge is -2.20. The number of nitrogens with zero attached hydrogens (tertiary/aromatic N) is 2. The van der Waals surface area contributed by atoms with Crippen LogP contribution < -0.4 is 10.1 Å². The highest BCUT2D eigenvalue weighted by molar-refractivity contribution is 5.40. The quantitative estimate of drug-likeness (QED) is 0.742. The van der Waals surface area contributed by atoms with Crippen LogP contribution in [0.1, 0.15) is 37.1 Å². The first kappa shape index (κ1) is 16.9. The van der Waals surface area contributed by atoms with E-state index in [0.717, 1.165) is 48.6 Å². The average Bonchev–Trinajstić information content (AvgIpc) is 2.40. The second kappa shape index (κ2) is 8.22. The topological polar surface area (TPSA) is 37.4 Å². The van der Waals surface area contributed by atoms with Crippen LogP contribution in [0.4, 0.5) is 0 Å². The molecule has 1 aromatic rings. The Hall–Kier alpha value is -1.13. The third-order valence-electron chi connectivity index (χ3n) is 3.79. The van der Waals surface area contributed by atoms with Gasteiger partial charge in [-0.25, -0.2) is 0 Å². The lowest BCUT2D eigenvalue weighted by molar-refractivity contribution is 0.269. The molecule has 0 spiro atoms. The molecule has 0 aliphatic rings. The number of aryl methyl sites for hydroxylation is 1. The van der Waals surface area contributed by atoms with Crippen molar-refractivity contribution < 1.29 is 4.74 Å². The summed E-state index contributed by atoms with van der Waals surface area (Å²) in [6.45, 7) is 11.5. The molecule has 0 aliphatic heterocycles. The van der Waals surface area contributed by atoms with Gasteiger partial charge in [-0.2, -0.15) is 0 Å². The molecule has 0 aliphatic carbocycles. The summed E-state index contributed by atoms with van der Waals surface area (Å²) in [5, 5.41) is 3.46. The summed E-state index contributed by atoms with van der Waals surface area (Å²) in [6.07, 6.45) is 3.03. The van der Waals surface area contributed by atoms with Crippen LogP contribution in [0.3, 0.4) is 0 Å². The predicted octanol–water partition coefficient (Wildman–Crippen LogP) is 2.53. The van der Waals surface area contributed by atoms with Crippen LogP contribution >= 0.6 is 0 Å². The van der Waals surface area contributed by atoms with E-state index in [1.165, 1.54) is 0 Å². The Bertz CT molecular complexity index is 418. The fourth-order valence-electron chi connectivity index (χ4n) is 2.17. The van der Waals surface area contributed by atoms with Gasteiger partial charge in [-0.05, 0) is 54.3 Å². The highest BCUT2D eigenvalue weighted by Gasteiger charge is 2.09. The first-order chi connectivity index (χ1) is 9.47. The Morgan fingerprint density at radius 3 is 2.65 bits per heavy atom. The molecule has 0 saturated heterocycles. The highest BCUT2D eigenvalue weighted by Crippen LogP contribution is 2.23. The number of methoxy groups -OCH3 is 1. The number of rotatable bonds is 8. The minimum Gasteiger partial charge on any atom is -0.496 e. The number of nitrogens with one attached hydrogen (secondary N) is 1. The molecule has 0 aromatic carbocycles. The van der Waals surface area contributed by atoms with Crippen LogP contribution in [0.5, 0.6) is 5.75 Å². The van der Waals surface area contributed by atoms with Gasteiger partial charge >= 0.3 is 0 Å². The van der Waals surface area contributed by atoms with Crippen molar-refractivity contribution in [3.8, 4) is 5.75 Å². The Morgan fingerprint density at radius 1 is 1.35 bits per heavy atom. The normalized spacial score (nSPS) is 11.4. The van der Waals surface area contributed by atoms with Gasteiger partial charge in [0.05, 0.1) is 12.8 Å². The van der Waals surface area contributed by atoms with Gasteiger partial charge in [0.15, 0.2) is 0 Å². The fraction of sp³-hybridized carbons (Fsp3) is 0.688. The summed E-state index contributed by atoms with van der Waals surface area (Å²) in [5.41, 5.74) is 3.30. The van der Waals surface area contributed by atoms with E-state index < -0.39 is 0 Å². The maximum atomic E-state index is 5.43. The first-order valence-corrected chi connectivity index (χ1v) is 7.37. The molecule has 1 heterocycles. The molecule has 0 bridgehead atoms. The third-order valence-corrected chi connectivity index (χ3v) is 3.79. The Morgan fingerprint density at radius 2 is 2.05 bits per heavy atom. The van der Waals surface area contributed by atoms with Gasteiger partial charge in [-0.1, -0.05) is 0 Å². The zero-order valence-corrected chi connectivity index (χ0v) is 13.8. The molecule has 4 heteroatoms. The van der Waals surface area contributed by atoms with E-state index in [1.54, 1.807) is 7.11 Å². The molecule has 114 valence electrons. The molecule has 1 N–H and O–H groups in total. The molecule has 1 aromatic heterocycles. The van der Waals surface area contributed by atoms with E-state index in [4.69, 9.17) is 4.74 Å². The van der Waals surface area contributed by atoms with E-state index >= 15 is 0 Å². The maximum absolute atomic E-state index is 5.43. The number of pyridine rings is 1. The van der Waals surface area contributed by atoms with Gasteiger partial charge in [-0.15, -0.1) is 0 Å². The lowest BCUT2D eigenvalue weighted by atomic mass is 10.1. The molecular formula is C16H29N3O. The summed E-state index contributed by atoms with van der Waals surface area (Å²) in [7, 11) is 3.88. The molecule has 20 heavy (non-hydrogen) atoms. The first-order valence-electron chi connectivity index (χ1n) is 7.37. The molecule has 0 saturated carbocycles. The van der Waals surface area contributed by atoms with E-state index in [-0.39, 0.29) is 0 Å². The largest absolute Gasteiger partial charge is 0.496 e. The van der Waals surface area contributed by atoms with Gasteiger partial charge < -0.3 is 15.0 Å². The summed E-state index contributed by atoms with van der Waals surface area (Å²) in [6, 6.07) is 0.611. The minimum atomic E-state index is 0.611. The molecule has 0 fully saturated rings. The Labute approximate surface area is 123 Å². The molecule has 4 nitrogen and oxygen atoms in total. The predicted molar refractivity (Wildman–Crippen MR) is 84.4 cm³/mol. The van der Waals surface area contributed by atoms with Crippen molar-refractivity contribution in [2.75, 3.05) is 27.2 Å². The van der Waals surface area contributed by atoms with Crippen molar-refractivity contribution >= 4 is 0 Å². The van der Waals surface area contributed by atoms with Gasteiger partial charge in [-0.3, -0.25) is 4.98 Å². The number of ether oxygens (including phenoxy) is 1. The van der Waals surface area contributed by atoms with Crippen LogP contribution in [-0.2, 0) is 6.54 Å².